The Morgan fingerprint density at radius 1 is 0.727 bits per heavy atom. The molecule has 7 rings (SSSR count). The first-order valence-electron chi connectivity index (χ1n) is 20.1. The molecular formula is C40H62O15. The first-order valence-corrected chi connectivity index (χ1v) is 20.1. The van der Waals surface area contributed by atoms with E-state index in [0.29, 0.717) is 24.7 Å². The van der Waals surface area contributed by atoms with E-state index in [9.17, 15) is 45.6 Å². The largest absolute Gasteiger partial charge is 0.394 e. The van der Waals surface area contributed by atoms with Crippen LogP contribution in [0.5, 0.6) is 0 Å². The molecule has 7 aliphatic rings. The Morgan fingerprint density at radius 3 is 1.91 bits per heavy atom. The molecule has 15 heteroatoms. The van der Waals surface area contributed by atoms with Gasteiger partial charge in [0.25, 0.3) is 0 Å². The summed E-state index contributed by atoms with van der Waals surface area (Å²) in [6.45, 7) is 11.0. The first-order chi connectivity index (χ1) is 25.9. The van der Waals surface area contributed by atoms with Crippen molar-refractivity contribution in [2.75, 3.05) is 6.61 Å². The molecule has 3 heterocycles. The van der Waals surface area contributed by atoms with Crippen molar-refractivity contribution in [1.29, 1.82) is 0 Å². The minimum absolute atomic E-state index is 0.0224. The van der Waals surface area contributed by atoms with Gasteiger partial charge >= 0.3 is 0 Å². The molecular weight excluding hydrogens is 720 g/mol. The minimum Gasteiger partial charge on any atom is -0.394 e. The van der Waals surface area contributed by atoms with Gasteiger partial charge in [-0.15, -0.1) is 0 Å². The van der Waals surface area contributed by atoms with Crippen LogP contribution in [-0.4, -0.2) is 151 Å². The highest BCUT2D eigenvalue weighted by Crippen LogP contribution is 2.70. The van der Waals surface area contributed by atoms with Gasteiger partial charge < -0.3 is 69.3 Å². The molecule has 0 unspecified atom stereocenters. The maximum atomic E-state index is 12.7. The van der Waals surface area contributed by atoms with Crippen molar-refractivity contribution < 1.29 is 74.1 Å². The maximum Gasteiger partial charge on any atom is 0.187 e. The fraction of sp³-hybridized carbons (Fsp3) is 0.875. The molecule has 0 amide bonds. The molecule has 0 radical (unpaired) electrons. The second-order valence-electron chi connectivity index (χ2n) is 18.0. The lowest BCUT2D eigenvalue weighted by Crippen LogP contribution is -2.66. The zero-order valence-electron chi connectivity index (χ0n) is 32.6. The lowest BCUT2D eigenvalue weighted by molar-refractivity contribution is -0.388. The number of Topliss-reactive ketones (excluding diaryl/α,β-unsaturated/α-hetero) is 1. The number of carbonyl (C=O) groups excluding carboxylic acids is 1. The summed E-state index contributed by atoms with van der Waals surface area (Å²) < 4.78 is 36.3. The molecule has 55 heavy (non-hydrogen) atoms. The van der Waals surface area contributed by atoms with Crippen LogP contribution in [0.1, 0.15) is 86.5 Å². The summed E-state index contributed by atoms with van der Waals surface area (Å²) in [5.41, 5.74) is 2.02. The average molecular weight is 783 g/mol. The zero-order valence-corrected chi connectivity index (χ0v) is 32.6. The van der Waals surface area contributed by atoms with Gasteiger partial charge in [-0.3, -0.25) is 4.79 Å². The Morgan fingerprint density at radius 2 is 1.33 bits per heavy atom. The van der Waals surface area contributed by atoms with E-state index >= 15 is 0 Å². The molecule has 0 spiro atoms. The molecule has 3 saturated heterocycles. The SMILES string of the molecule is CC(=O)C1=CC[C@]2(C)[C@@H]3CC=C4C[C@H](O[C@H]5O[C@@H](CO)[C@H](O[C@H]6O[C@@H](C)[C@H](O)[C@@H](O)[C@@H]6O)[C@@H](O)[C@@H]5O[C@H]5O[C@@H](C)[C@H](O)[C@@H](O)[C@@H]5O)CC[C@]4(C)[C@H]3CC[C@]12C. The molecule has 3 aliphatic heterocycles. The molecule has 15 nitrogen and oxygen atoms in total. The number of rotatable bonds is 8. The predicted octanol–water partition coefficient (Wildman–Crippen LogP) is 0.353. The standard InChI is InChI=1S/C40H62O15/c1-17(42)22-10-13-40(6)24-8-7-20-15-21(9-12-38(20,4)23(24)11-14-39(22,40)5)52-37-34(55-36-31(48)29(46)27(44)19(3)51-36)32(49)33(25(16-41)53-37)54-35-30(47)28(45)26(43)18(2)50-35/h7,10,18-19,21,23-37,41,43-49H,8-9,11-16H2,1-6H3/t18-,19-,21+,23-,24+,25-,26-,27-,28+,29+,30-,31-,32+,33-,34-,35+,36+,37-,38-,39+,40+/m0/s1. The second-order valence-corrected chi connectivity index (χ2v) is 18.0. The van der Waals surface area contributed by atoms with Crippen molar-refractivity contribution in [3.8, 4) is 0 Å². The molecule has 21 atom stereocenters. The van der Waals surface area contributed by atoms with Crippen molar-refractivity contribution in [3.63, 3.8) is 0 Å². The molecule has 0 aromatic heterocycles. The van der Waals surface area contributed by atoms with E-state index in [1.807, 2.05) is 0 Å². The highest BCUT2D eigenvalue weighted by Gasteiger charge is 2.63. The van der Waals surface area contributed by atoms with E-state index in [0.717, 1.165) is 37.7 Å². The van der Waals surface area contributed by atoms with Crippen LogP contribution in [-0.2, 0) is 33.2 Å². The average Bonchev–Trinajstić information content (AvgIpc) is 3.44. The number of allylic oxidation sites excluding steroid dienone is 3. The van der Waals surface area contributed by atoms with Gasteiger partial charge in [-0.2, -0.15) is 0 Å². The Labute approximate surface area is 322 Å². The summed E-state index contributed by atoms with van der Waals surface area (Å²) in [6, 6.07) is 0. The van der Waals surface area contributed by atoms with Crippen LogP contribution in [0, 0.1) is 28.1 Å². The summed E-state index contributed by atoms with van der Waals surface area (Å²) in [4.78, 5) is 12.7. The van der Waals surface area contributed by atoms with Gasteiger partial charge in [0.1, 0.15) is 61.0 Å². The molecule has 2 saturated carbocycles. The lowest BCUT2D eigenvalue weighted by atomic mass is 9.42. The number of hydrogen-bond acceptors (Lipinski definition) is 15. The van der Waals surface area contributed by atoms with E-state index < -0.39 is 98.7 Å². The molecule has 8 N–H and O–H groups in total. The maximum absolute atomic E-state index is 12.7. The number of aliphatic hydroxyl groups excluding tert-OH is 8. The molecule has 0 aromatic rings. The lowest BCUT2D eigenvalue weighted by Gasteiger charge is -2.62. The van der Waals surface area contributed by atoms with Gasteiger partial charge in [-0.25, -0.2) is 0 Å². The van der Waals surface area contributed by atoms with Gasteiger partial charge in [0.2, 0.25) is 0 Å². The van der Waals surface area contributed by atoms with Crippen molar-refractivity contribution in [2.24, 2.45) is 28.1 Å². The number of carbonyl (C=O) groups is 1. The highest BCUT2D eigenvalue weighted by molar-refractivity contribution is 5.95. The van der Waals surface area contributed by atoms with Gasteiger partial charge in [0.05, 0.1) is 24.9 Å². The summed E-state index contributed by atoms with van der Waals surface area (Å²) >= 11 is 0. The fourth-order valence-corrected chi connectivity index (χ4v) is 11.4. The highest BCUT2D eigenvalue weighted by atomic mass is 16.8. The Hall–Kier alpha value is -1.41. The number of fused-ring (bicyclic) bond motifs is 5. The Bertz CT molecular complexity index is 1490. The predicted molar refractivity (Wildman–Crippen MR) is 192 cm³/mol. The van der Waals surface area contributed by atoms with E-state index in [1.165, 1.54) is 19.4 Å². The van der Waals surface area contributed by atoms with E-state index in [1.54, 1.807) is 6.92 Å². The van der Waals surface area contributed by atoms with Gasteiger partial charge in [0.15, 0.2) is 24.7 Å². The third-order valence-electron chi connectivity index (χ3n) is 15.1. The van der Waals surface area contributed by atoms with Crippen LogP contribution in [0.4, 0.5) is 0 Å². The van der Waals surface area contributed by atoms with Crippen LogP contribution in [0.2, 0.25) is 0 Å². The van der Waals surface area contributed by atoms with Gasteiger partial charge in [-0.1, -0.05) is 38.5 Å². The third-order valence-corrected chi connectivity index (χ3v) is 15.1. The van der Waals surface area contributed by atoms with Crippen molar-refractivity contribution in [2.45, 2.75) is 185 Å². The van der Waals surface area contributed by atoms with E-state index in [4.69, 9.17) is 28.4 Å². The van der Waals surface area contributed by atoms with Crippen LogP contribution in [0.15, 0.2) is 23.3 Å². The van der Waals surface area contributed by atoms with Gasteiger partial charge in [-0.05, 0) is 94.0 Å². The first kappa shape index (κ1) is 41.7. The summed E-state index contributed by atoms with van der Waals surface area (Å²) in [6.07, 6.45) is -11.6. The number of ketones is 1. The van der Waals surface area contributed by atoms with Crippen molar-refractivity contribution in [3.05, 3.63) is 23.3 Å². The van der Waals surface area contributed by atoms with Crippen molar-refractivity contribution >= 4 is 5.78 Å². The fourth-order valence-electron chi connectivity index (χ4n) is 11.4. The summed E-state index contributed by atoms with van der Waals surface area (Å²) in [7, 11) is 0. The molecule has 5 fully saturated rings. The second kappa shape index (κ2) is 15.3. The topological polar surface area (TPSA) is 234 Å². The Balaban J connectivity index is 1.11. The molecule has 4 aliphatic carbocycles. The van der Waals surface area contributed by atoms with Crippen molar-refractivity contribution in [1.82, 2.24) is 0 Å². The zero-order chi connectivity index (χ0) is 39.9. The molecule has 0 aromatic carbocycles. The minimum atomic E-state index is -1.72. The third kappa shape index (κ3) is 6.81. The number of aliphatic hydroxyl groups is 8. The van der Waals surface area contributed by atoms with Gasteiger partial charge in [0, 0.05) is 5.41 Å². The number of ether oxygens (including phenoxy) is 6. The number of hydrogen-bond donors (Lipinski definition) is 8. The monoisotopic (exact) mass is 782 g/mol. The van der Waals surface area contributed by atoms with E-state index in [2.05, 4.69) is 32.9 Å². The summed E-state index contributed by atoms with van der Waals surface area (Å²) in [5, 5.41) is 85.3. The van der Waals surface area contributed by atoms with Crippen LogP contribution >= 0.6 is 0 Å². The smallest absolute Gasteiger partial charge is 0.187 e. The Kier molecular flexibility index (Phi) is 11.6. The quantitative estimate of drug-likeness (QED) is 0.155. The molecule has 312 valence electrons. The van der Waals surface area contributed by atoms with Crippen LogP contribution in [0.25, 0.3) is 0 Å². The van der Waals surface area contributed by atoms with Crippen LogP contribution < -0.4 is 0 Å². The normalized spacial score (nSPS) is 54.1. The van der Waals surface area contributed by atoms with Crippen LogP contribution in [0.3, 0.4) is 0 Å². The summed E-state index contributed by atoms with van der Waals surface area (Å²) in [5.74, 6) is 1.01. The van der Waals surface area contributed by atoms with E-state index in [-0.39, 0.29) is 28.1 Å². The molecule has 0 bridgehead atoms.